The van der Waals surface area contributed by atoms with Crippen LogP contribution in [0.15, 0.2) is 11.0 Å². The molecule has 0 amide bonds. The van der Waals surface area contributed by atoms with E-state index in [1.807, 2.05) is 13.8 Å². The summed E-state index contributed by atoms with van der Waals surface area (Å²) in [5.74, 6) is 0.303. The molecule has 0 aliphatic rings. The number of nitrogen functional groups attached to an aromatic ring is 1. The third kappa shape index (κ3) is 1.77. The van der Waals surface area contributed by atoms with E-state index in [9.17, 15) is 4.79 Å². The second-order valence-corrected chi connectivity index (χ2v) is 3.92. The van der Waals surface area contributed by atoms with Crippen molar-refractivity contribution in [3.05, 3.63) is 20.3 Å². The summed E-state index contributed by atoms with van der Waals surface area (Å²) in [4.78, 5) is 14.9. The number of rotatable bonds is 1. The molecular weight excluding hydrogens is 269 g/mol. The van der Waals surface area contributed by atoms with E-state index in [2.05, 4.69) is 27.6 Å². The van der Waals surface area contributed by atoms with Gasteiger partial charge in [0.1, 0.15) is 5.82 Å². The van der Waals surface area contributed by atoms with Crippen LogP contribution in [0, 0.1) is 3.57 Å². The van der Waals surface area contributed by atoms with Gasteiger partial charge in [0.25, 0.3) is 0 Å². The molecule has 2 N–H and O–H groups in total. The maximum Gasteiger partial charge on any atom is 0.349 e. The van der Waals surface area contributed by atoms with Crippen LogP contribution in [-0.2, 0) is 0 Å². The van der Waals surface area contributed by atoms with Crippen LogP contribution in [-0.4, -0.2) is 9.55 Å². The molecule has 0 fully saturated rings. The number of nitrogens with two attached hydrogens (primary N) is 1. The number of nitrogens with zero attached hydrogens (tertiary/aromatic N) is 2. The van der Waals surface area contributed by atoms with Crippen LogP contribution in [0.1, 0.15) is 19.9 Å². The largest absolute Gasteiger partial charge is 0.383 e. The van der Waals surface area contributed by atoms with Crippen LogP contribution in [0.25, 0.3) is 0 Å². The van der Waals surface area contributed by atoms with Crippen molar-refractivity contribution in [2.75, 3.05) is 5.73 Å². The van der Waals surface area contributed by atoms with E-state index in [-0.39, 0.29) is 11.7 Å². The first-order valence-corrected chi connectivity index (χ1v) is 4.64. The van der Waals surface area contributed by atoms with Crippen molar-refractivity contribution in [1.82, 2.24) is 9.55 Å². The number of hydrogen-bond donors (Lipinski definition) is 1. The predicted molar refractivity (Wildman–Crippen MR) is 56.0 cm³/mol. The molecule has 0 unspecified atom stereocenters. The maximum absolute atomic E-state index is 11.2. The Labute approximate surface area is 83.9 Å². The Balaban J connectivity index is 3.33. The highest BCUT2D eigenvalue weighted by molar-refractivity contribution is 14.1. The first kappa shape index (κ1) is 9.50. The Bertz CT molecular complexity index is 345. The van der Waals surface area contributed by atoms with E-state index < -0.39 is 0 Å². The lowest BCUT2D eigenvalue weighted by Crippen LogP contribution is -2.25. The number of anilines is 1. The molecule has 0 bridgehead atoms. The van der Waals surface area contributed by atoms with Crippen molar-refractivity contribution in [3.8, 4) is 0 Å². The summed E-state index contributed by atoms with van der Waals surface area (Å²) in [6, 6.07) is 0.124. The lowest BCUT2D eigenvalue weighted by molar-refractivity contribution is 0.563. The highest BCUT2D eigenvalue weighted by Gasteiger charge is 2.04. The number of halogens is 1. The minimum absolute atomic E-state index is 0.124. The smallest absolute Gasteiger partial charge is 0.349 e. The lowest BCUT2D eigenvalue weighted by atomic mass is 10.4. The van der Waals surface area contributed by atoms with Gasteiger partial charge in [-0.25, -0.2) is 4.79 Å². The molecule has 0 saturated heterocycles. The van der Waals surface area contributed by atoms with Crippen LogP contribution in [0.3, 0.4) is 0 Å². The molecule has 1 heterocycles. The van der Waals surface area contributed by atoms with Crippen molar-refractivity contribution in [2.45, 2.75) is 19.9 Å². The topological polar surface area (TPSA) is 60.9 Å². The standard InChI is InChI=1S/C7H10IN3O/c1-4(2)11-3-5(8)6(9)10-7(11)12/h3-4H,1-2H3,(H2,9,10,12). The minimum atomic E-state index is -0.289. The highest BCUT2D eigenvalue weighted by atomic mass is 127. The summed E-state index contributed by atoms with van der Waals surface area (Å²) in [5, 5.41) is 0. The van der Waals surface area contributed by atoms with E-state index in [0.717, 1.165) is 3.57 Å². The van der Waals surface area contributed by atoms with Crippen molar-refractivity contribution < 1.29 is 0 Å². The van der Waals surface area contributed by atoms with E-state index in [4.69, 9.17) is 5.73 Å². The van der Waals surface area contributed by atoms with Crippen molar-refractivity contribution in [1.29, 1.82) is 0 Å². The first-order valence-electron chi connectivity index (χ1n) is 3.56. The van der Waals surface area contributed by atoms with E-state index in [1.165, 1.54) is 0 Å². The molecule has 0 spiro atoms. The van der Waals surface area contributed by atoms with E-state index in [0.29, 0.717) is 5.82 Å². The molecule has 66 valence electrons. The molecule has 1 rings (SSSR count). The minimum Gasteiger partial charge on any atom is -0.383 e. The summed E-state index contributed by atoms with van der Waals surface area (Å²) in [6.07, 6.45) is 1.72. The normalized spacial score (nSPS) is 10.7. The summed E-state index contributed by atoms with van der Waals surface area (Å²) >= 11 is 2.05. The van der Waals surface area contributed by atoms with Crippen molar-refractivity contribution in [3.63, 3.8) is 0 Å². The quantitative estimate of drug-likeness (QED) is 0.780. The molecule has 5 heteroatoms. The van der Waals surface area contributed by atoms with Gasteiger partial charge >= 0.3 is 5.69 Å². The molecule has 0 aliphatic carbocycles. The van der Waals surface area contributed by atoms with Gasteiger partial charge in [0.2, 0.25) is 0 Å². The summed E-state index contributed by atoms with van der Waals surface area (Å²) < 4.78 is 2.36. The molecular formula is C7H10IN3O. The van der Waals surface area contributed by atoms with Gasteiger partial charge in [0.05, 0.1) is 3.57 Å². The van der Waals surface area contributed by atoms with Gasteiger partial charge in [-0.3, -0.25) is 4.57 Å². The second-order valence-electron chi connectivity index (χ2n) is 2.76. The zero-order chi connectivity index (χ0) is 9.30. The van der Waals surface area contributed by atoms with Crippen LogP contribution in [0.4, 0.5) is 5.82 Å². The maximum atomic E-state index is 11.2. The summed E-state index contributed by atoms with van der Waals surface area (Å²) in [5.41, 5.74) is 5.17. The van der Waals surface area contributed by atoms with Crippen LogP contribution < -0.4 is 11.4 Å². The molecule has 4 nitrogen and oxygen atoms in total. The average Bonchev–Trinajstić information content (AvgIpc) is 1.96. The lowest BCUT2D eigenvalue weighted by Gasteiger charge is -2.09. The Morgan fingerprint density at radius 2 is 2.25 bits per heavy atom. The fraction of sp³-hybridized carbons (Fsp3) is 0.429. The predicted octanol–water partition coefficient (Wildman–Crippen LogP) is 1.01. The third-order valence-corrected chi connectivity index (χ3v) is 2.32. The van der Waals surface area contributed by atoms with Crippen molar-refractivity contribution >= 4 is 28.4 Å². The fourth-order valence-electron chi connectivity index (χ4n) is 0.828. The van der Waals surface area contributed by atoms with Gasteiger partial charge in [-0.1, -0.05) is 0 Å². The molecule has 0 radical (unpaired) electrons. The van der Waals surface area contributed by atoms with E-state index >= 15 is 0 Å². The molecule has 0 saturated carbocycles. The zero-order valence-electron chi connectivity index (χ0n) is 6.91. The Kier molecular flexibility index (Phi) is 2.71. The third-order valence-electron chi connectivity index (χ3n) is 1.49. The molecule has 0 aliphatic heterocycles. The van der Waals surface area contributed by atoms with Gasteiger partial charge in [-0.05, 0) is 36.4 Å². The molecule has 1 aromatic rings. The zero-order valence-corrected chi connectivity index (χ0v) is 9.07. The van der Waals surface area contributed by atoms with Gasteiger partial charge in [-0.2, -0.15) is 4.98 Å². The van der Waals surface area contributed by atoms with E-state index in [1.54, 1.807) is 10.8 Å². The van der Waals surface area contributed by atoms with Crippen LogP contribution in [0.2, 0.25) is 0 Å². The first-order chi connectivity index (χ1) is 5.52. The van der Waals surface area contributed by atoms with Gasteiger partial charge in [0, 0.05) is 12.2 Å². The van der Waals surface area contributed by atoms with Gasteiger partial charge in [-0.15, -0.1) is 0 Å². The fourth-order valence-corrected chi connectivity index (χ4v) is 1.25. The second kappa shape index (κ2) is 3.42. The summed E-state index contributed by atoms with van der Waals surface area (Å²) in [7, 11) is 0. The Morgan fingerprint density at radius 1 is 1.67 bits per heavy atom. The van der Waals surface area contributed by atoms with Gasteiger partial charge < -0.3 is 5.73 Å². The Morgan fingerprint density at radius 3 is 2.75 bits per heavy atom. The SMILES string of the molecule is CC(C)n1cc(I)c(N)nc1=O. The highest BCUT2D eigenvalue weighted by Crippen LogP contribution is 2.10. The van der Waals surface area contributed by atoms with Gasteiger partial charge in [0.15, 0.2) is 0 Å². The monoisotopic (exact) mass is 279 g/mol. The molecule has 0 atom stereocenters. The number of aromatic nitrogens is 2. The molecule has 0 aromatic carbocycles. The van der Waals surface area contributed by atoms with Crippen molar-refractivity contribution in [2.24, 2.45) is 0 Å². The molecule has 1 aromatic heterocycles. The molecule has 12 heavy (non-hydrogen) atoms. The van der Waals surface area contributed by atoms with Crippen LogP contribution >= 0.6 is 22.6 Å². The van der Waals surface area contributed by atoms with Crippen LogP contribution in [0.5, 0.6) is 0 Å². The summed E-state index contributed by atoms with van der Waals surface area (Å²) in [6.45, 7) is 3.85. The Hall–Kier alpha value is -0.590. The average molecular weight is 279 g/mol. The number of hydrogen-bond acceptors (Lipinski definition) is 3.